The molecule has 0 aliphatic carbocycles. The number of aryl methyl sites for hydroxylation is 2. The van der Waals surface area contributed by atoms with Gasteiger partial charge in [0.25, 0.3) is 11.1 Å². The van der Waals surface area contributed by atoms with E-state index >= 15 is 0 Å². The van der Waals surface area contributed by atoms with Crippen molar-refractivity contribution >= 4 is 40.3 Å². The molecule has 0 fully saturated rings. The molecule has 0 aliphatic rings. The van der Waals surface area contributed by atoms with Gasteiger partial charge in [0.1, 0.15) is 28.6 Å². The summed E-state index contributed by atoms with van der Waals surface area (Å²) in [5.41, 5.74) is 2.28. The molecule has 0 radical (unpaired) electrons. The summed E-state index contributed by atoms with van der Waals surface area (Å²) in [6.45, 7) is 6.95. The van der Waals surface area contributed by atoms with E-state index in [1.54, 1.807) is 38.1 Å². The first kappa shape index (κ1) is 38.2. The molecule has 3 N–H and O–H groups in total. The minimum absolute atomic E-state index is 0.0262. The largest absolute Gasteiger partial charge is 0.478 e. The lowest BCUT2D eigenvalue weighted by Crippen LogP contribution is -2.28. The van der Waals surface area contributed by atoms with Crippen molar-refractivity contribution in [2.45, 2.75) is 40.8 Å². The number of carbonyl (C=O) groups is 3. The van der Waals surface area contributed by atoms with Crippen molar-refractivity contribution in [3.05, 3.63) is 152 Å². The number of aromatic nitrogens is 4. The minimum Gasteiger partial charge on any atom is -0.478 e. The van der Waals surface area contributed by atoms with E-state index in [0.717, 1.165) is 0 Å². The number of nitrogens with zero attached hydrogens (tertiary/aromatic N) is 4. The molecule has 2 heterocycles. The van der Waals surface area contributed by atoms with Crippen LogP contribution >= 0.6 is 0 Å². The standard InChI is InChI=1S/C21H19N3O4.C20H18FN3O2/c1-3-24-20(26)19(22-16-11-7-10-15(12-16)21(27)28)17(13(2)25)18(23-24)14-8-5-4-6-9-14;1-3-24-20(26)19(22-16-12-8-7-11-15(16)21)17(13(2)25)18(23-24)14-9-5-4-6-10-14/h4-12,22H,3H2,1-2H3,(H,27,28);4-12,22H,3H2,1-2H3. The maximum absolute atomic E-state index is 14.1. The van der Waals surface area contributed by atoms with E-state index in [4.69, 9.17) is 0 Å². The number of carbonyl (C=O) groups excluding carboxylic acids is 2. The van der Waals surface area contributed by atoms with Crippen molar-refractivity contribution in [1.82, 2.24) is 19.6 Å². The van der Waals surface area contributed by atoms with Gasteiger partial charge >= 0.3 is 5.97 Å². The van der Waals surface area contributed by atoms with Gasteiger partial charge in [-0.25, -0.2) is 18.5 Å². The first-order chi connectivity index (χ1) is 25.9. The summed E-state index contributed by atoms with van der Waals surface area (Å²) in [6, 6.07) is 30.3. The number of hydrogen-bond donors (Lipinski definition) is 3. The lowest BCUT2D eigenvalue weighted by atomic mass is 10.0. The van der Waals surface area contributed by atoms with Crippen molar-refractivity contribution < 1.29 is 23.9 Å². The first-order valence-electron chi connectivity index (χ1n) is 17.0. The van der Waals surface area contributed by atoms with Crippen LogP contribution < -0.4 is 21.8 Å². The molecule has 12 nitrogen and oxygen atoms in total. The van der Waals surface area contributed by atoms with Crippen LogP contribution in [0.1, 0.15) is 58.8 Å². The Morgan fingerprint density at radius 1 is 0.648 bits per heavy atom. The van der Waals surface area contributed by atoms with Gasteiger partial charge in [0.05, 0.1) is 22.4 Å². The molecule has 0 unspecified atom stereocenters. The van der Waals surface area contributed by atoms with E-state index < -0.39 is 22.9 Å². The quantitative estimate of drug-likeness (QED) is 0.113. The molecular formula is C41H37FN6O6. The topological polar surface area (TPSA) is 165 Å². The lowest BCUT2D eigenvalue weighted by Gasteiger charge is -2.16. The van der Waals surface area contributed by atoms with Crippen LogP contribution in [0.25, 0.3) is 22.5 Å². The molecule has 2 aromatic heterocycles. The number of hydrogen-bond acceptors (Lipinski definition) is 9. The fraction of sp³-hybridized carbons (Fsp3) is 0.146. The van der Waals surface area contributed by atoms with Gasteiger partial charge in [-0.2, -0.15) is 10.2 Å². The molecule has 54 heavy (non-hydrogen) atoms. The molecule has 0 amide bonds. The molecule has 274 valence electrons. The highest BCUT2D eigenvalue weighted by Crippen LogP contribution is 2.29. The van der Waals surface area contributed by atoms with Gasteiger partial charge in [0, 0.05) is 29.9 Å². The maximum atomic E-state index is 14.1. The van der Waals surface area contributed by atoms with Crippen LogP contribution in [-0.2, 0) is 13.1 Å². The zero-order valence-corrected chi connectivity index (χ0v) is 30.0. The minimum atomic E-state index is -1.08. The number of carboxylic acid groups (broad SMARTS) is 1. The predicted octanol–water partition coefficient (Wildman–Crippen LogP) is 7.59. The average molecular weight is 729 g/mol. The van der Waals surface area contributed by atoms with E-state index in [9.17, 15) is 33.5 Å². The van der Waals surface area contributed by atoms with Gasteiger partial charge in [-0.05, 0) is 58.0 Å². The molecule has 0 bridgehead atoms. The second kappa shape index (κ2) is 17.0. The van der Waals surface area contributed by atoms with Crippen LogP contribution in [0.3, 0.4) is 0 Å². The van der Waals surface area contributed by atoms with E-state index in [1.165, 1.54) is 47.5 Å². The van der Waals surface area contributed by atoms with Crippen molar-refractivity contribution in [3.8, 4) is 22.5 Å². The second-order valence-corrected chi connectivity index (χ2v) is 11.9. The summed E-state index contributed by atoms with van der Waals surface area (Å²) in [4.78, 5) is 61.7. The zero-order valence-electron chi connectivity index (χ0n) is 30.0. The number of Topliss-reactive ketones (excluding diaryl/α,β-unsaturated/α-hetero) is 2. The number of carboxylic acids is 1. The van der Waals surface area contributed by atoms with Crippen LogP contribution in [0.15, 0.2) is 119 Å². The number of anilines is 4. The molecule has 0 spiro atoms. The van der Waals surface area contributed by atoms with Crippen molar-refractivity contribution in [1.29, 1.82) is 0 Å². The van der Waals surface area contributed by atoms with E-state index in [1.807, 2.05) is 60.7 Å². The van der Waals surface area contributed by atoms with Gasteiger partial charge in [0.15, 0.2) is 11.6 Å². The Morgan fingerprint density at radius 3 is 1.56 bits per heavy atom. The normalized spacial score (nSPS) is 10.5. The number of nitrogens with one attached hydrogen (secondary N) is 2. The second-order valence-electron chi connectivity index (χ2n) is 11.9. The summed E-state index contributed by atoms with van der Waals surface area (Å²) in [5, 5.41) is 23.7. The fourth-order valence-corrected chi connectivity index (χ4v) is 5.65. The number of rotatable bonds is 11. The molecular weight excluding hydrogens is 691 g/mol. The third-order valence-corrected chi connectivity index (χ3v) is 8.22. The van der Waals surface area contributed by atoms with Gasteiger partial charge in [-0.3, -0.25) is 19.2 Å². The summed E-state index contributed by atoms with van der Waals surface area (Å²) < 4.78 is 16.6. The number of halogens is 1. The Morgan fingerprint density at radius 2 is 1.11 bits per heavy atom. The van der Waals surface area contributed by atoms with Crippen LogP contribution in [-0.4, -0.2) is 42.2 Å². The van der Waals surface area contributed by atoms with Crippen molar-refractivity contribution in [2.24, 2.45) is 0 Å². The monoisotopic (exact) mass is 728 g/mol. The van der Waals surface area contributed by atoms with E-state index in [0.29, 0.717) is 41.3 Å². The summed E-state index contributed by atoms with van der Waals surface area (Å²) in [5.74, 6) is -2.23. The van der Waals surface area contributed by atoms with Crippen LogP contribution in [0.4, 0.5) is 27.1 Å². The summed E-state index contributed by atoms with van der Waals surface area (Å²) in [7, 11) is 0. The Labute approximate surface area is 309 Å². The molecule has 0 aliphatic heterocycles. The highest BCUT2D eigenvalue weighted by Gasteiger charge is 2.24. The Balaban J connectivity index is 0.000000208. The van der Waals surface area contributed by atoms with Crippen LogP contribution in [0.2, 0.25) is 0 Å². The number of benzene rings is 4. The highest BCUT2D eigenvalue weighted by molar-refractivity contribution is 6.06. The number of ketones is 2. The molecule has 0 saturated carbocycles. The van der Waals surface area contributed by atoms with E-state index in [-0.39, 0.29) is 45.3 Å². The average Bonchev–Trinajstić information content (AvgIpc) is 3.17. The van der Waals surface area contributed by atoms with Gasteiger partial charge in [-0.1, -0.05) is 78.9 Å². The Hall–Kier alpha value is -7.02. The number of aromatic carboxylic acids is 1. The highest BCUT2D eigenvalue weighted by atomic mass is 19.1. The third-order valence-electron chi connectivity index (χ3n) is 8.22. The van der Waals surface area contributed by atoms with Gasteiger partial charge < -0.3 is 15.7 Å². The third kappa shape index (κ3) is 8.37. The zero-order chi connectivity index (χ0) is 38.9. The molecule has 13 heteroatoms. The SMILES string of the molecule is CCn1nc(-c2ccccc2)c(C(C)=O)c(Nc2cccc(C(=O)O)c2)c1=O.CCn1nc(-c2ccccc2)c(C(C)=O)c(Nc2ccccc2F)c1=O. The van der Waals surface area contributed by atoms with Crippen molar-refractivity contribution in [2.75, 3.05) is 10.6 Å². The molecule has 4 aromatic carbocycles. The van der Waals surface area contributed by atoms with Gasteiger partial charge in [0.2, 0.25) is 0 Å². The van der Waals surface area contributed by atoms with Crippen LogP contribution in [0, 0.1) is 5.82 Å². The molecule has 6 rings (SSSR count). The fourth-order valence-electron chi connectivity index (χ4n) is 5.65. The lowest BCUT2D eigenvalue weighted by molar-refractivity contribution is 0.0696. The Kier molecular flexibility index (Phi) is 12.0. The molecule has 6 aromatic rings. The Bertz CT molecular complexity index is 2460. The predicted molar refractivity (Wildman–Crippen MR) is 206 cm³/mol. The van der Waals surface area contributed by atoms with Crippen molar-refractivity contribution in [3.63, 3.8) is 0 Å². The van der Waals surface area contributed by atoms with Crippen LogP contribution in [0.5, 0.6) is 0 Å². The summed E-state index contributed by atoms with van der Waals surface area (Å²) >= 11 is 0. The summed E-state index contributed by atoms with van der Waals surface area (Å²) in [6.07, 6.45) is 0. The maximum Gasteiger partial charge on any atom is 0.335 e. The molecule has 0 saturated heterocycles. The van der Waals surface area contributed by atoms with E-state index in [2.05, 4.69) is 20.8 Å². The molecule has 0 atom stereocenters. The van der Waals surface area contributed by atoms with Gasteiger partial charge in [-0.15, -0.1) is 0 Å². The smallest absolute Gasteiger partial charge is 0.335 e. The first-order valence-corrected chi connectivity index (χ1v) is 17.0. The number of para-hydroxylation sites is 1.